The third kappa shape index (κ3) is 45400. The predicted molar refractivity (Wildman–Crippen MR) is 40.6 cm³/mol. The van der Waals surface area contributed by atoms with E-state index in [2.05, 4.69) is 0 Å². The molecule has 10 nitrogen and oxygen atoms in total. The first-order valence-electron chi connectivity index (χ1n) is 0.667. The minimum atomic E-state index is -5.17. The van der Waals surface area contributed by atoms with Crippen LogP contribution in [0.15, 0.2) is 0 Å². The van der Waals surface area contributed by atoms with Crippen molar-refractivity contribution in [2.45, 2.75) is 0 Å². The zero-order valence-corrected chi connectivity index (χ0v) is 8.47. The van der Waals surface area contributed by atoms with E-state index in [1.807, 2.05) is 0 Å². The summed E-state index contributed by atoms with van der Waals surface area (Å²) in [5.74, 6) is 0. The largest absolute Gasteiger partial charge is 2.00 e. The average molecular weight is 257 g/mol. The monoisotopic (exact) mass is 257 g/mol. The molecule has 18 N–H and O–H groups in total. The van der Waals surface area contributed by atoms with E-state index < -0.39 is 10.4 Å². The average Bonchev–Trinajstić information content (AvgIpc) is 0.722. The molecule has 87 valence electrons. The molecule has 0 fully saturated rings. The molecular formula is H18CoN6O4S. The van der Waals surface area contributed by atoms with Crippen molar-refractivity contribution in [3.8, 4) is 0 Å². The number of hydrogen-bond acceptors (Lipinski definition) is 10. The van der Waals surface area contributed by atoms with Crippen molar-refractivity contribution in [3.63, 3.8) is 0 Å². The van der Waals surface area contributed by atoms with Gasteiger partial charge in [0.25, 0.3) is 0 Å². The van der Waals surface area contributed by atoms with Crippen LogP contribution in [0.4, 0.5) is 0 Å². The molecule has 0 aliphatic heterocycles. The third-order valence-corrected chi connectivity index (χ3v) is 0. The van der Waals surface area contributed by atoms with E-state index in [1.54, 1.807) is 0 Å². The van der Waals surface area contributed by atoms with Crippen LogP contribution in [0.5, 0.6) is 0 Å². The normalized spacial score (nSPS) is 4.83. The Morgan fingerprint density at radius 1 is 0.667 bits per heavy atom. The van der Waals surface area contributed by atoms with Crippen molar-refractivity contribution in [1.29, 1.82) is 0 Å². The molecule has 0 aliphatic carbocycles. The molecule has 0 aromatic heterocycles. The Balaban J connectivity index is -0.00000000381. The standard InChI is InChI=1S/Co.6H3N.H2O4S/c;;;;;;;1-5(2,3)4/h;6*1H3;(H2,1,2,3,4)/q+2;;;;;;;/p-2. The topological polar surface area (TPSA) is 290 Å². The van der Waals surface area contributed by atoms with Crippen LogP contribution >= 0.6 is 0 Å². The van der Waals surface area contributed by atoms with Crippen molar-refractivity contribution in [1.82, 2.24) is 36.9 Å². The molecule has 0 saturated heterocycles. The molecule has 0 rings (SSSR count). The summed E-state index contributed by atoms with van der Waals surface area (Å²) in [7, 11) is -5.17. The van der Waals surface area contributed by atoms with Gasteiger partial charge in [0.15, 0.2) is 0 Å². The van der Waals surface area contributed by atoms with E-state index in [0.29, 0.717) is 0 Å². The van der Waals surface area contributed by atoms with E-state index >= 15 is 0 Å². The van der Waals surface area contributed by atoms with Crippen molar-refractivity contribution < 1.29 is 34.3 Å². The van der Waals surface area contributed by atoms with Gasteiger partial charge in [0.2, 0.25) is 0 Å². The minimum absolute atomic E-state index is 0. The van der Waals surface area contributed by atoms with Crippen LogP contribution in [0.3, 0.4) is 0 Å². The van der Waals surface area contributed by atoms with Crippen LogP contribution in [-0.2, 0) is 27.2 Å². The summed E-state index contributed by atoms with van der Waals surface area (Å²) in [5.41, 5.74) is 0. The molecule has 1 radical (unpaired) electrons. The van der Waals surface area contributed by atoms with Gasteiger partial charge in [0.05, 0.1) is 0 Å². The Bertz CT molecular complexity index is 103. The van der Waals surface area contributed by atoms with Gasteiger partial charge >= 0.3 is 16.8 Å². The summed E-state index contributed by atoms with van der Waals surface area (Å²) in [6.45, 7) is 0. The molecule has 12 heavy (non-hydrogen) atoms. The van der Waals surface area contributed by atoms with Crippen LogP contribution in [0.1, 0.15) is 0 Å². The van der Waals surface area contributed by atoms with E-state index in [-0.39, 0.29) is 53.7 Å². The molecule has 0 bridgehead atoms. The summed E-state index contributed by atoms with van der Waals surface area (Å²) < 4.78 is 34.1. The molecule has 0 saturated carbocycles. The molecule has 0 amide bonds. The van der Waals surface area contributed by atoms with E-state index in [9.17, 15) is 0 Å². The maximum atomic E-state index is 8.52. The fourth-order valence-corrected chi connectivity index (χ4v) is 0. The molecule has 0 aromatic carbocycles. The molecule has 0 aromatic rings. The van der Waals surface area contributed by atoms with Gasteiger partial charge in [0.1, 0.15) is 0 Å². The van der Waals surface area contributed by atoms with E-state index in [0.717, 1.165) is 0 Å². The van der Waals surface area contributed by atoms with E-state index in [1.165, 1.54) is 0 Å². The van der Waals surface area contributed by atoms with Gasteiger partial charge in [-0.2, -0.15) is 0 Å². The second-order valence-corrected chi connectivity index (χ2v) is 1.22. The molecule has 0 heterocycles. The smallest absolute Gasteiger partial charge is 0.759 e. The minimum Gasteiger partial charge on any atom is -0.759 e. The van der Waals surface area contributed by atoms with Crippen LogP contribution in [0.2, 0.25) is 0 Å². The Morgan fingerprint density at radius 2 is 0.667 bits per heavy atom. The maximum Gasteiger partial charge on any atom is 2.00 e. The van der Waals surface area contributed by atoms with Gasteiger partial charge in [-0.15, -0.1) is 0 Å². The second kappa shape index (κ2) is 30.4. The van der Waals surface area contributed by atoms with E-state index in [4.69, 9.17) is 17.5 Å². The summed E-state index contributed by atoms with van der Waals surface area (Å²) in [6, 6.07) is 0. The zero-order chi connectivity index (χ0) is 4.50. The fraction of sp³-hybridized carbons (Fsp3) is 0. The van der Waals surface area contributed by atoms with Crippen LogP contribution in [0.25, 0.3) is 0 Å². The first-order valence-corrected chi connectivity index (χ1v) is 2.00. The van der Waals surface area contributed by atoms with Crippen LogP contribution < -0.4 is 36.9 Å². The van der Waals surface area contributed by atoms with Gasteiger partial charge < -0.3 is 46.0 Å². The van der Waals surface area contributed by atoms with Gasteiger partial charge in [0, 0.05) is 10.4 Å². The molecule has 12 heteroatoms. The van der Waals surface area contributed by atoms with Gasteiger partial charge in [-0.05, 0) is 0 Å². The Labute approximate surface area is 82.1 Å². The summed E-state index contributed by atoms with van der Waals surface area (Å²) in [4.78, 5) is 0. The molecule has 0 atom stereocenters. The Morgan fingerprint density at radius 3 is 0.667 bits per heavy atom. The predicted octanol–water partition coefficient (Wildman–Crippen LogP) is -0.369. The molecule has 0 aliphatic rings. The van der Waals surface area contributed by atoms with Crippen LogP contribution in [0, 0.1) is 0 Å². The van der Waals surface area contributed by atoms with Gasteiger partial charge in [-0.3, -0.25) is 8.42 Å². The first kappa shape index (κ1) is 88.0. The molecular weight excluding hydrogens is 239 g/mol. The van der Waals surface area contributed by atoms with Gasteiger partial charge in [-0.1, -0.05) is 0 Å². The van der Waals surface area contributed by atoms with Crippen LogP contribution in [-0.4, -0.2) is 17.5 Å². The quantitative estimate of drug-likeness (QED) is 0.241. The van der Waals surface area contributed by atoms with Crippen molar-refractivity contribution >= 4 is 10.4 Å². The number of hydrogen-bond donors (Lipinski definition) is 6. The maximum absolute atomic E-state index is 8.52. The van der Waals surface area contributed by atoms with Crippen molar-refractivity contribution in [2.75, 3.05) is 0 Å². The SMILES string of the molecule is N.N.N.N.N.N.O=S(=O)([O-])[O-].[Co+2]. The number of rotatable bonds is 0. The zero-order valence-electron chi connectivity index (χ0n) is 6.62. The fourth-order valence-electron chi connectivity index (χ4n) is 0. The Kier molecular flexibility index (Phi) is 223. The summed E-state index contributed by atoms with van der Waals surface area (Å²) in [5, 5.41) is 0. The summed E-state index contributed by atoms with van der Waals surface area (Å²) >= 11 is 0. The molecule has 0 spiro atoms. The van der Waals surface area contributed by atoms with Crippen molar-refractivity contribution in [2.24, 2.45) is 0 Å². The third-order valence-electron chi connectivity index (χ3n) is 0. The Hall–Kier alpha value is 0.136. The summed E-state index contributed by atoms with van der Waals surface area (Å²) in [6.07, 6.45) is 0. The molecule has 0 unspecified atom stereocenters. The van der Waals surface area contributed by atoms with Crippen molar-refractivity contribution in [3.05, 3.63) is 0 Å². The second-order valence-electron chi connectivity index (χ2n) is 0.408. The van der Waals surface area contributed by atoms with Gasteiger partial charge in [-0.25, -0.2) is 0 Å². The first-order chi connectivity index (χ1) is 2.00.